The van der Waals surface area contributed by atoms with E-state index >= 15 is 0 Å². The summed E-state index contributed by atoms with van der Waals surface area (Å²) < 4.78 is 12.9. The summed E-state index contributed by atoms with van der Waals surface area (Å²) in [6.07, 6.45) is 1.85. The van der Waals surface area contributed by atoms with Crippen LogP contribution in [0.1, 0.15) is 26.7 Å². The molecule has 1 aromatic rings. The van der Waals surface area contributed by atoms with Gasteiger partial charge in [-0.25, -0.2) is 4.39 Å². The Balaban J connectivity index is 2.32. The Labute approximate surface area is 106 Å². The van der Waals surface area contributed by atoms with Gasteiger partial charge in [0.05, 0.1) is 5.84 Å². The van der Waals surface area contributed by atoms with Crippen LogP contribution in [0.4, 0.5) is 4.39 Å². The molecule has 0 aliphatic heterocycles. The highest BCUT2D eigenvalue weighted by atomic mass is 32.2. The minimum absolute atomic E-state index is 0.195. The number of hydrogen-bond acceptors (Lipinski definition) is 2. The SMILES string of the molecule is CC(C)(CCCSc1cccc(F)c1)C(=N)N. The van der Waals surface area contributed by atoms with Crippen molar-refractivity contribution in [2.75, 3.05) is 5.75 Å². The van der Waals surface area contributed by atoms with E-state index in [1.54, 1.807) is 23.9 Å². The molecule has 4 heteroatoms. The predicted octanol–water partition coefficient (Wildman–Crippen LogP) is 3.66. The molecule has 1 rings (SSSR count). The molecular formula is C13H19FN2S. The second kappa shape index (κ2) is 6.05. The Morgan fingerprint density at radius 3 is 2.76 bits per heavy atom. The Morgan fingerprint density at radius 1 is 1.47 bits per heavy atom. The van der Waals surface area contributed by atoms with Crippen LogP contribution in [0.3, 0.4) is 0 Å². The predicted molar refractivity (Wildman–Crippen MR) is 72.1 cm³/mol. The van der Waals surface area contributed by atoms with Gasteiger partial charge in [-0.15, -0.1) is 11.8 Å². The summed E-state index contributed by atoms with van der Waals surface area (Å²) in [6.45, 7) is 3.95. The van der Waals surface area contributed by atoms with Gasteiger partial charge in [-0.05, 0) is 36.8 Å². The second-order valence-corrected chi connectivity index (χ2v) is 5.88. The first kappa shape index (κ1) is 14.0. The van der Waals surface area contributed by atoms with Gasteiger partial charge in [0.2, 0.25) is 0 Å². The molecule has 0 unspecified atom stereocenters. The van der Waals surface area contributed by atoms with E-state index in [-0.39, 0.29) is 17.1 Å². The van der Waals surface area contributed by atoms with Crippen LogP contribution in [-0.2, 0) is 0 Å². The molecule has 17 heavy (non-hydrogen) atoms. The lowest BCUT2D eigenvalue weighted by Crippen LogP contribution is -2.30. The zero-order chi connectivity index (χ0) is 12.9. The molecule has 1 aromatic carbocycles. The van der Waals surface area contributed by atoms with Crippen molar-refractivity contribution in [3.63, 3.8) is 0 Å². The van der Waals surface area contributed by atoms with Gasteiger partial charge < -0.3 is 5.73 Å². The molecule has 0 fully saturated rings. The number of halogens is 1. The molecule has 0 radical (unpaired) electrons. The first-order valence-corrected chi connectivity index (χ1v) is 6.63. The second-order valence-electron chi connectivity index (χ2n) is 4.71. The fraction of sp³-hybridized carbons (Fsp3) is 0.462. The molecule has 94 valence electrons. The maximum absolute atomic E-state index is 12.9. The monoisotopic (exact) mass is 254 g/mol. The summed E-state index contributed by atoms with van der Waals surface area (Å²) in [5.74, 6) is 0.951. The third-order valence-corrected chi connectivity index (χ3v) is 3.82. The number of nitrogens with one attached hydrogen (secondary N) is 1. The first-order chi connectivity index (χ1) is 7.92. The van der Waals surface area contributed by atoms with E-state index in [9.17, 15) is 4.39 Å². The van der Waals surface area contributed by atoms with Crippen molar-refractivity contribution in [2.45, 2.75) is 31.6 Å². The number of benzene rings is 1. The van der Waals surface area contributed by atoms with Crippen LogP contribution >= 0.6 is 11.8 Å². The minimum atomic E-state index is -0.234. The summed E-state index contributed by atoms with van der Waals surface area (Å²) in [6, 6.07) is 6.62. The van der Waals surface area contributed by atoms with E-state index in [1.807, 2.05) is 19.9 Å². The first-order valence-electron chi connectivity index (χ1n) is 5.65. The normalized spacial score (nSPS) is 11.5. The molecule has 0 aromatic heterocycles. The van der Waals surface area contributed by atoms with Gasteiger partial charge in [-0.2, -0.15) is 0 Å². The molecule has 0 atom stereocenters. The van der Waals surface area contributed by atoms with Crippen LogP contribution in [0.25, 0.3) is 0 Å². The summed E-state index contributed by atoms with van der Waals surface area (Å²) in [5.41, 5.74) is 5.28. The number of amidine groups is 1. The van der Waals surface area contributed by atoms with E-state index < -0.39 is 0 Å². The van der Waals surface area contributed by atoms with Crippen molar-refractivity contribution in [1.29, 1.82) is 5.41 Å². The minimum Gasteiger partial charge on any atom is -0.387 e. The van der Waals surface area contributed by atoms with Gasteiger partial charge >= 0.3 is 0 Å². The van der Waals surface area contributed by atoms with E-state index in [0.29, 0.717) is 0 Å². The highest BCUT2D eigenvalue weighted by Crippen LogP contribution is 2.25. The number of hydrogen-bond donors (Lipinski definition) is 2. The van der Waals surface area contributed by atoms with Crippen LogP contribution in [0.5, 0.6) is 0 Å². The maximum atomic E-state index is 12.9. The van der Waals surface area contributed by atoms with Crippen LogP contribution in [0.15, 0.2) is 29.2 Å². The highest BCUT2D eigenvalue weighted by Gasteiger charge is 2.20. The number of nitrogens with two attached hydrogens (primary N) is 1. The van der Waals surface area contributed by atoms with E-state index in [1.165, 1.54) is 6.07 Å². The van der Waals surface area contributed by atoms with Crippen molar-refractivity contribution < 1.29 is 4.39 Å². The van der Waals surface area contributed by atoms with Crippen LogP contribution < -0.4 is 5.73 Å². The topological polar surface area (TPSA) is 49.9 Å². The van der Waals surface area contributed by atoms with Crippen LogP contribution in [-0.4, -0.2) is 11.6 Å². The summed E-state index contributed by atoms with van der Waals surface area (Å²) >= 11 is 1.64. The van der Waals surface area contributed by atoms with Crippen LogP contribution in [0.2, 0.25) is 0 Å². The molecule has 0 amide bonds. The average Bonchev–Trinajstić information content (AvgIpc) is 2.24. The lowest BCUT2D eigenvalue weighted by molar-refractivity contribution is 0.464. The molecule has 2 nitrogen and oxygen atoms in total. The smallest absolute Gasteiger partial charge is 0.124 e. The summed E-state index contributed by atoms with van der Waals surface area (Å²) in [5, 5.41) is 7.45. The molecule has 0 aliphatic rings. The molecule has 3 N–H and O–H groups in total. The van der Waals surface area contributed by atoms with Gasteiger partial charge in [0.25, 0.3) is 0 Å². The maximum Gasteiger partial charge on any atom is 0.124 e. The van der Waals surface area contributed by atoms with Crippen molar-refractivity contribution >= 4 is 17.6 Å². The highest BCUT2D eigenvalue weighted by molar-refractivity contribution is 7.99. The zero-order valence-corrected chi connectivity index (χ0v) is 11.1. The lowest BCUT2D eigenvalue weighted by atomic mass is 9.87. The standard InChI is InChI=1S/C13H19FN2S/c1-13(2,12(15)16)7-4-8-17-11-6-3-5-10(14)9-11/h3,5-6,9H,4,7-8H2,1-2H3,(H3,15,16). The number of thioether (sulfide) groups is 1. The number of rotatable bonds is 6. The fourth-order valence-corrected chi connectivity index (χ4v) is 2.29. The quantitative estimate of drug-likeness (QED) is 0.352. The van der Waals surface area contributed by atoms with E-state index in [2.05, 4.69) is 0 Å². The van der Waals surface area contributed by atoms with Gasteiger partial charge in [0.15, 0.2) is 0 Å². The van der Waals surface area contributed by atoms with E-state index in [0.717, 1.165) is 23.5 Å². The molecular weight excluding hydrogens is 235 g/mol. The Kier molecular flexibility index (Phi) is 5.00. The molecule has 0 bridgehead atoms. The third-order valence-electron chi connectivity index (χ3n) is 2.74. The van der Waals surface area contributed by atoms with Crippen molar-refractivity contribution in [3.05, 3.63) is 30.1 Å². The Hall–Kier alpha value is -1.03. The molecule has 0 spiro atoms. The van der Waals surface area contributed by atoms with E-state index in [4.69, 9.17) is 11.1 Å². The van der Waals surface area contributed by atoms with Gasteiger partial charge in [-0.1, -0.05) is 19.9 Å². The largest absolute Gasteiger partial charge is 0.387 e. The third kappa shape index (κ3) is 4.77. The molecule has 0 saturated carbocycles. The van der Waals surface area contributed by atoms with Crippen molar-refractivity contribution in [1.82, 2.24) is 0 Å². The lowest BCUT2D eigenvalue weighted by Gasteiger charge is -2.22. The Bertz CT molecular complexity index is 391. The van der Waals surface area contributed by atoms with Gasteiger partial charge in [0.1, 0.15) is 5.82 Å². The Morgan fingerprint density at radius 2 is 2.18 bits per heavy atom. The van der Waals surface area contributed by atoms with Crippen molar-refractivity contribution in [3.8, 4) is 0 Å². The van der Waals surface area contributed by atoms with Gasteiger partial charge in [-0.3, -0.25) is 5.41 Å². The average molecular weight is 254 g/mol. The van der Waals surface area contributed by atoms with Crippen LogP contribution in [0, 0.1) is 16.6 Å². The summed E-state index contributed by atoms with van der Waals surface area (Å²) in [4.78, 5) is 0.950. The zero-order valence-electron chi connectivity index (χ0n) is 10.3. The fourth-order valence-electron chi connectivity index (χ4n) is 1.40. The molecule has 0 heterocycles. The van der Waals surface area contributed by atoms with Crippen molar-refractivity contribution in [2.24, 2.45) is 11.1 Å². The molecule has 0 saturated heterocycles. The van der Waals surface area contributed by atoms with Gasteiger partial charge in [0, 0.05) is 10.3 Å². The summed E-state index contributed by atoms with van der Waals surface area (Å²) in [7, 11) is 0. The molecule has 0 aliphatic carbocycles.